The molecule has 1 fully saturated rings. The van der Waals surface area contributed by atoms with Crippen LogP contribution < -0.4 is 11.4 Å². The minimum absolute atomic E-state index is 0.131. The molecule has 1 unspecified atom stereocenters. The quantitative estimate of drug-likeness (QED) is 0.593. The molecule has 0 aliphatic carbocycles. The van der Waals surface area contributed by atoms with Crippen LogP contribution in [0.1, 0.15) is 11.8 Å². The lowest BCUT2D eigenvalue weighted by Crippen LogP contribution is -2.28. The van der Waals surface area contributed by atoms with Crippen molar-refractivity contribution in [3.8, 4) is 0 Å². The molecule has 0 saturated carbocycles. The van der Waals surface area contributed by atoms with Gasteiger partial charge in [-0.2, -0.15) is 4.98 Å². The number of hydrogen-bond acceptors (Lipinski definition) is 7. The Kier molecular flexibility index (Phi) is 5.55. The molecule has 8 heteroatoms. The van der Waals surface area contributed by atoms with E-state index in [1.54, 1.807) is 0 Å². The number of rotatable bonds is 7. The molecule has 0 radical (unpaired) electrons. The second kappa shape index (κ2) is 8.02. The smallest absolute Gasteiger partial charge is 0.351 e. The molecule has 2 heterocycles. The fraction of sp³-hybridized carbons (Fsp3) is 0.375. The largest absolute Gasteiger partial charge is 0.383 e. The summed E-state index contributed by atoms with van der Waals surface area (Å²) < 4.78 is 23.2. The average molecular weight is 333 g/mol. The van der Waals surface area contributed by atoms with Gasteiger partial charge in [-0.1, -0.05) is 30.3 Å². The molecule has 1 saturated heterocycles. The van der Waals surface area contributed by atoms with E-state index < -0.39 is 18.2 Å². The molecule has 2 N–H and O–H groups in total. The number of nitrogen functional groups attached to an aromatic ring is 1. The Morgan fingerprint density at radius 1 is 1.25 bits per heavy atom. The third kappa shape index (κ3) is 4.39. The predicted octanol–water partition coefficient (Wildman–Crippen LogP) is 0.888. The fourth-order valence-corrected chi connectivity index (χ4v) is 2.26. The monoisotopic (exact) mass is 333 g/mol. The van der Waals surface area contributed by atoms with Crippen molar-refractivity contribution in [2.75, 3.05) is 25.7 Å². The standard InChI is InChI=1S/C16H19N3O5/c17-13-6-7-19(16(20)18-13)14-9-23-15(24-14)10-22-11-21-8-12-4-2-1-3-5-12/h1-7,14-15H,8-11H2,(H2,17,18,20)/t14-,15?/m0/s1. The third-order valence-corrected chi connectivity index (χ3v) is 3.43. The number of benzene rings is 1. The first kappa shape index (κ1) is 16.6. The average Bonchev–Trinajstić information content (AvgIpc) is 3.04. The van der Waals surface area contributed by atoms with Gasteiger partial charge in [-0.25, -0.2) is 4.79 Å². The van der Waals surface area contributed by atoms with Crippen LogP contribution in [0.5, 0.6) is 0 Å². The highest BCUT2D eigenvalue weighted by molar-refractivity contribution is 5.23. The zero-order valence-electron chi connectivity index (χ0n) is 13.0. The molecule has 1 aliphatic rings. The second-order valence-electron chi connectivity index (χ2n) is 5.22. The van der Waals surface area contributed by atoms with Gasteiger partial charge in [-0.05, 0) is 11.6 Å². The van der Waals surface area contributed by atoms with Gasteiger partial charge in [-0.3, -0.25) is 4.57 Å². The number of aromatic nitrogens is 2. The highest BCUT2D eigenvalue weighted by Crippen LogP contribution is 2.19. The molecule has 1 aliphatic heterocycles. The minimum Gasteiger partial charge on any atom is -0.383 e. The second-order valence-corrected chi connectivity index (χ2v) is 5.22. The van der Waals surface area contributed by atoms with Crippen molar-refractivity contribution in [1.29, 1.82) is 0 Å². The molecule has 1 aromatic carbocycles. The van der Waals surface area contributed by atoms with Crippen LogP contribution in [0.4, 0.5) is 5.82 Å². The van der Waals surface area contributed by atoms with E-state index in [0.29, 0.717) is 6.61 Å². The molecule has 0 bridgehead atoms. The van der Waals surface area contributed by atoms with Crippen molar-refractivity contribution in [2.45, 2.75) is 19.1 Å². The number of nitrogens with zero attached hydrogens (tertiary/aromatic N) is 2. The van der Waals surface area contributed by atoms with Crippen LogP contribution in [-0.4, -0.2) is 35.8 Å². The number of anilines is 1. The summed E-state index contributed by atoms with van der Waals surface area (Å²) in [5, 5.41) is 0. The number of ether oxygens (including phenoxy) is 4. The molecule has 0 spiro atoms. The lowest BCUT2D eigenvalue weighted by Gasteiger charge is -2.13. The van der Waals surface area contributed by atoms with Crippen molar-refractivity contribution >= 4 is 5.82 Å². The molecule has 0 amide bonds. The molecule has 2 atom stereocenters. The molecular weight excluding hydrogens is 314 g/mol. The Morgan fingerprint density at radius 2 is 2.08 bits per heavy atom. The number of hydrogen-bond donors (Lipinski definition) is 1. The van der Waals surface area contributed by atoms with Crippen LogP contribution in [0.2, 0.25) is 0 Å². The summed E-state index contributed by atoms with van der Waals surface area (Å²) in [4.78, 5) is 15.4. The van der Waals surface area contributed by atoms with Crippen molar-refractivity contribution in [3.63, 3.8) is 0 Å². The van der Waals surface area contributed by atoms with E-state index in [4.69, 9.17) is 24.7 Å². The lowest BCUT2D eigenvalue weighted by atomic mass is 10.2. The SMILES string of the molecule is Nc1ccn([C@@H]2COC(COCOCc3ccccc3)O2)c(=O)n1. The van der Waals surface area contributed by atoms with Gasteiger partial charge in [0.25, 0.3) is 0 Å². The van der Waals surface area contributed by atoms with Gasteiger partial charge in [0.15, 0.2) is 12.5 Å². The summed E-state index contributed by atoms with van der Waals surface area (Å²) in [5.41, 5.74) is 6.06. The zero-order valence-corrected chi connectivity index (χ0v) is 13.0. The summed E-state index contributed by atoms with van der Waals surface area (Å²) in [6.07, 6.45) is 0.439. The molecule has 3 rings (SSSR count). The molecule has 2 aromatic rings. The van der Waals surface area contributed by atoms with E-state index in [2.05, 4.69) is 4.98 Å². The van der Waals surface area contributed by atoms with Crippen molar-refractivity contribution in [2.24, 2.45) is 0 Å². The Morgan fingerprint density at radius 3 is 2.88 bits per heavy atom. The molecule has 8 nitrogen and oxygen atoms in total. The van der Waals surface area contributed by atoms with Gasteiger partial charge in [0, 0.05) is 6.20 Å². The van der Waals surface area contributed by atoms with Gasteiger partial charge in [0.1, 0.15) is 19.2 Å². The predicted molar refractivity (Wildman–Crippen MR) is 84.8 cm³/mol. The van der Waals surface area contributed by atoms with E-state index in [-0.39, 0.29) is 25.8 Å². The Labute approximate surface area is 138 Å². The fourth-order valence-electron chi connectivity index (χ4n) is 2.26. The summed E-state index contributed by atoms with van der Waals surface area (Å²) in [6.45, 7) is 1.06. The Balaban J connectivity index is 1.38. The maximum absolute atomic E-state index is 11.8. The summed E-state index contributed by atoms with van der Waals surface area (Å²) in [6, 6.07) is 11.3. The maximum Gasteiger partial charge on any atom is 0.351 e. The van der Waals surface area contributed by atoms with Crippen LogP contribution in [0.3, 0.4) is 0 Å². The molecule has 1 aromatic heterocycles. The van der Waals surface area contributed by atoms with Gasteiger partial charge >= 0.3 is 5.69 Å². The number of nitrogens with two attached hydrogens (primary N) is 1. The van der Waals surface area contributed by atoms with E-state index in [1.807, 2.05) is 30.3 Å². The van der Waals surface area contributed by atoms with Crippen LogP contribution in [0, 0.1) is 0 Å². The first-order chi connectivity index (χ1) is 11.7. The minimum atomic E-state index is -0.556. The van der Waals surface area contributed by atoms with Crippen molar-refractivity contribution in [1.82, 2.24) is 9.55 Å². The van der Waals surface area contributed by atoms with Crippen LogP contribution in [-0.2, 0) is 25.6 Å². The first-order valence-electron chi connectivity index (χ1n) is 7.53. The Hall–Kier alpha value is -2.26. The van der Waals surface area contributed by atoms with Gasteiger partial charge < -0.3 is 24.7 Å². The van der Waals surface area contributed by atoms with Gasteiger partial charge in [0.05, 0.1) is 13.2 Å². The zero-order chi connectivity index (χ0) is 16.8. The molecule has 128 valence electrons. The van der Waals surface area contributed by atoms with Crippen LogP contribution in [0.25, 0.3) is 0 Å². The van der Waals surface area contributed by atoms with Crippen molar-refractivity contribution in [3.05, 3.63) is 58.6 Å². The van der Waals surface area contributed by atoms with E-state index in [0.717, 1.165) is 5.56 Å². The molecule has 24 heavy (non-hydrogen) atoms. The Bertz CT molecular complexity index is 706. The summed E-state index contributed by atoms with van der Waals surface area (Å²) >= 11 is 0. The van der Waals surface area contributed by atoms with Crippen LogP contribution >= 0.6 is 0 Å². The highest BCUT2D eigenvalue weighted by atomic mass is 16.8. The van der Waals surface area contributed by atoms with E-state index in [9.17, 15) is 4.79 Å². The maximum atomic E-state index is 11.8. The highest BCUT2D eigenvalue weighted by Gasteiger charge is 2.28. The normalized spacial score (nSPS) is 20.3. The van der Waals surface area contributed by atoms with E-state index in [1.165, 1.54) is 16.8 Å². The summed E-state index contributed by atoms with van der Waals surface area (Å²) in [5.74, 6) is 0.172. The van der Waals surface area contributed by atoms with Crippen molar-refractivity contribution < 1.29 is 18.9 Å². The topological polar surface area (TPSA) is 97.8 Å². The first-order valence-corrected chi connectivity index (χ1v) is 7.53. The van der Waals surface area contributed by atoms with Gasteiger partial charge in [-0.15, -0.1) is 0 Å². The third-order valence-electron chi connectivity index (χ3n) is 3.43. The van der Waals surface area contributed by atoms with Crippen LogP contribution in [0.15, 0.2) is 47.4 Å². The van der Waals surface area contributed by atoms with E-state index >= 15 is 0 Å². The summed E-state index contributed by atoms with van der Waals surface area (Å²) in [7, 11) is 0. The van der Waals surface area contributed by atoms with Gasteiger partial charge in [0.2, 0.25) is 0 Å². The lowest BCUT2D eigenvalue weighted by molar-refractivity contribution is -0.149. The molecular formula is C16H19N3O5.